The smallest absolute Gasteiger partial charge is 0.255 e. The van der Waals surface area contributed by atoms with Gasteiger partial charge in [-0.2, -0.15) is 0 Å². The normalized spacial score (nSPS) is 19.3. The van der Waals surface area contributed by atoms with Crippen LogP contribution in [0.1, 0.15) is 16.8 Å². The standard InChI is InChI=1S/C13H15BrClNO2/c1-18-8-9-4-5-16(7-9)13(17)11-3-2-10(15)6-12(11)14/h2-3,6,9H,4-5,7-8H2,1H3. The number of likely N-dealkylation sites (tertiary alicyclic amines) is 1. The average Bonchev–Trinajstić information content (AvgIpc) is 2.77. The molecule has 1 atom stereocenters. The average molecular weight is 333 g/mol. The molecular formula is C13H15BrClNO2. The zero-order valence-electron chi connectivity index (χ0n) is 10.2. The van der Waals surface area contributed by atoms with Crippen LogP contribution in [0, 0.1) is 5.92 Å². The van der Waals surface area contributed by atoms with E-state index in [0.717, 1.165) is 24.0 Å². The van der Waals surface area contributed by atoms with E-state index < -0.39 is 0 Å². The number of carbonyl (C=O) groups excluding carboxylic acids is 1. The fourth-order valence-electron chi connectivity index (χ4n) is 2.22. The third-order valence-corrected chi connectivity index (χ3v) is 4.03. The van der Waals surface area contributed by atoms with Crippen molar-refractivity contribution < 1.29 is 9.53 Å². The van der Waals surface area contributed by atoms with E-state index in [1.54, 1.807) is 25.3 Å². The van der Waals surface area contributed by atoms with E-state index in [1.807, 2.05) is 4.90 Å². The van der Waals surface area contributed by atoms with Crippen molar-refractivity contribution in [2.24, 2.45) is 5.92 Å². The first kappa shape index (κ1) is 13.8. The summed E-state index contributed by atoms with van der Waals surface area (Å²) in [4.78, 5) is 14.2. The molecule has 3 nitrogen and oxygen atoms in total. The fraction of sp³-hybridized carbons (Fsp3) is 0.462. The number of nitrogens with zero attached hydrogens (tertiary/aromatic N) is 1. The maximum Gasteiger partial charge on any atom is 0.255 e. The molecule has 0 aliphatic carbocycles. The first-order valence-electron chi connectivity index (χ1n) is 5.85. The van der Waals surface area contributed by atoms with Gasteiger partial charge in [-0.25, -0.2) is 0 Å². The maximum atomic E-state index is 12.3. The first-order valence-corrected chi connectivity index (χ1v) is 7.02. The predicted molar refractivity (Wildman–Crippen MR) is 75.0 cm³/mol. The summed E-state index contributed by atoms with van der Waals surface area (Å²) in [6, 6.07) is 5.25. The molecule has 5 heteroatoms. The molecule has 1 saturated heterocycles. The Morgan fingerprint density at radius 1 is 1.61 bits per heavy atom. The molecule has 1 amide bonds. The third kappa shape index (κ3) is 3.05. The highest BCUT2D eigenvalue weighted by Gasteiger charge is 2.27. The van der Waals surface area contributed by atoms with Crippen LogP contribution in [0.4, 0.5) is 0 Å². The molecule has 1 aliphatic heterocycles. The molecule has 1 aromatic rings. The summed E-state index contributed by atoms with van der Waals surface area (Å²) in [6.07, 6.45) is 1.00. The van der Waals surface area contributed by atoms with Crippen molar-refractivity contribution in [2.75, 3.05) is 26.8 Å². The van der Waals surface area contributed by atoms with E-state index in [1.165, 1.54) is 0 Å². The van der Waals surface area contributed by atoms with E-state index >= 15 is 0 Å². The number of hydrogen-bond acceptors (Lipinski definition) is 2. The molecule has 1 fully saturated rings. The van der Waals surface area contributed by atoms with E-state index in [9.17, 15) is 4.79 Å². The highest BCUT2D eigenvalue weighted by Crippen LogP contribution is 2.25. The molecule has 18 heavy (non-hydrogen) atoms. The number of ether oxygens (including phenoxy) is 1. The summed E-state index contributed by atoms with van der Waals surface area (Å²) in [5, 5.41) is 0.622. The molecule has 98 valence electrons. The molecule has 0 aromatic heterocycles. The SMILES string of the molecule is COCC1CCN(C(=O)c2ccc(Cl)cc2Br)C1. The second-order valence-electron chi connectivity index (χ2n) is 4.49. The number of carbonyl (C=O) groups is 1. The Hall–Kier alpha value is -0.580. The number of benzene rings is 1. The van der Waals surface area contributed by atoms with Gasteiger partial charge in [-0.15, -0.1) is 0 Å². The van der Waals surface area contributed by atoms with Gasteiger partial charge in [0.05, 0.1) is 12.2 Å². The van der Waals surface area contributed by atoms with Crippen molar-refractivity contribution in [3.8, 4) is 0 Å². The highest BCUT2D eigenvalue weighted by molar-refractivity contribution is 9.10. The van der Waals surface area contributed by atoms with Crippen molar-refractivity contribution in [2.45, 2.75) is 6.42 Å². The Bertz CT molecular complexity index is 453. The van der Waals surface area contributed by atoms with Crippen LogP contribution in [-0.2, 0) is 4.74 Å². The summed E-state index contributed by atoms with van der Waals surface area (Å²) in [5.74, 6) is 0.502. The second-order valence-corrected chi connectivity index (χ2v) is 5.78. The molecule has 0 saturated carbocycles. The first-order chi connectivity index (χ1) is 8.61. The molecule has 0 radical (unpaired) electrons. The van der Waals surface area contributed by atoms with Crippen LogP contribution in [-0.4, -0.2) is 37.6 Å². The Morgan fingerprint density at radius 3 is 3.06 bits per heavy atom. The minimum atomic E-state index is 0.0529. The summed E-state index contributed by atoms with van der Waals surface area (Å²) in [6.45, 7) is 2.27. The van der Waals surface area contributed by atoms with Crippen molar-refractivity contribution in [1.82, 2.24) is 4.90 Å². The largest absolute Gasteiger partial charge is 0.384 e. The van der Waals surface area contributed by atoms with Crippen LogP contribution >= 0.6 is 27.5 Å². The minimum Gasteiger partial charge on any atom is -0.384 e. The fourth-order valence-corrected chi connectivity index (χ4v) is 3.07. The summed E-state index contributed by atoms with van der Waals surface area (Å²) >= 11 is 9.26. The van der Waals surface area contributed by atoms with Crippen LogP contribution in [0.2, 0.25) is 5.02 Å². The summed E-state index contributed by atoms with van der Waals surface area (Å²) in [7, 11) is 1.69. The van der Waals surface area contributed by atoms with Crippen LogP contribution < -0.4 is 0 Å². The van der Waals surface area contributed by atoms with Gasteiger partial charge in [-0.05, 0) is 40.5 Å². The minimum absolute atomic E-state index is 0.0529. The van der Waals surface area contributed by atoms with E-state index in [2.05, 4.69) is 15.9 Å². The lowest BCUT2D eigenvalue weighted by atomic mass is 10.1. The molecule has 2 rings (SSSR count). The molecule has 0 spiro atoms. The lowest BCUT2D eigenvalue weighted by Gasteiger charge is -2.17. The van der Waals surface area contributed by atoms with Gasteiger partial charge in [0, 0.05) is 35.6 Å². The Morgan fingerprint density at radius 2 is 2.39 bits per heavy atom. The molecule has 1 aliphatic rings. The molecule has 0 bridgehead atoms. The van der Waals surface area contributed by atoms with Crippen LogP contribution in [0.15, 0.2) is 22.7 Å². The van der Waals surface area contributed by atoms with Gasteiger partial charge in [0.1, 0.15) is 0 Å². The topological polar surface area (TPSA) is 29.5 Å². The number of rotatable bonds is 3. The van der Waals surface area contributed by atoms with Crippen LogP contribution in [0.25, 0.3) is 0 Å². The van der Waals surface area contributed by atoms with E-state index in [-0.39, 0.29) is 5.91 Å². The van der Waals surface area contributed by atoms with E-state index in [0.29, 0.717) is 23.1 Å². The zero-order chi connectivity index (χ0) is 13.1. The number of methoxy groups -OCH3 is 1. The molecule has 1 unspecified atom stereocenters. The number of hydrogen-bond donors (Lipinski definition) is 0. The third-order valence-electron chi connectivity index (χ3n) is 3.14. The highest BCUT2D eigenvalue weighted by atomic mass is 79.9. The predicted octanol–water partition coefficient (Wildman–Crippen LogP) is 3.21. The van der Waals surface area contributed by atoms with Crippen LogP contribution in [0.3, 0.4) is 0 Å². The van der Waals surface area contributed by atoms with Crippen molar-refractivity contribution in [3.05, 3.63) is 33.3 Å². The Kier molecular flexibility index (Phi) is 4.65. The van der Waals surface area contributed by atoms with Gasteiger partial charge in [-0.1, -0.05) is 11.6 Å². The lowest BCUT2D eigenvalue weighted by Crippen LogP contribution is -2.29. The lowest BCUT2D eigenvalue weighted by molar-refractivity contribution is 0.0774. The van der Waals surface area contributed by atoms with Crippen molar-refractivity contribution >= 4 is 33.4 Å². The van der Waals surface area contributed by atoms with Gasteiger partial charge in [0.15, 0.2) is 0 Å². The van der Waals surface area contributed by atoms with Gasteiger partial charge >= 0.3 is 0 Å². The monoisotopic (exact) mass is 331 g/mol. The van der Waals surface area contributed by atoms with Gasteiger partial charge < -0.3 is 9.64 Å². The number of halogens is 2. The van der Waals surface area contributed by atoms with Crippen molar-refractivity contribution in [1.29, 1.82) is 0 Å². The molecular weight excluding hydrogens is 318 g/mol. The van der Waals surface area contributed by atoms with Crippen molar-refractivity contribution in [3.63, 3.8) is 0 Å². The van der Waals surface area contributed by atoms with Gasteiger partial charge in [0.2, 0.25) is 0 Å². The van der Waals surface area contributed by atoms with E-state index in [4.69, 9.17) is 16.3 Å². The molecule has 1 heterocycles. The van der Waals surface area contributed by atoms with Gasteiger partial charge in [0.25, 0.3) is 5.91 Å². The Labute approximate surface area is 120 Å². The quantitative estimate of drug-likeness (QED) is 0.850. The summed E-state index contributed by atoms with van der Waals surface area (Å²) < 4.78 is 5.88. The molecule has 1 aromatic carbocycles. The molecule has 0 N–H and O–H groups in total. The van der Waals surface area contributed by atoms with Crippen LogP contribution in [0.5, 0.6) is 0 Å². The second kappa shape index (κ2) is 6.04. The van der Waals surface area contributed by atoms with Gasteiger partial charge in [-0.3, -0.25) is 4.79 Å². The zero-order valence-corrected chi connectivity index (χ0v) is 12.5. The Balaban J connectivity index is 2.08. The number of amides is 1. The summed E-state index contributed by atoms with van der Waals surface area (Å²) in [5.41, 5.74) is 0.664. The maximum absolute atomic E-state index is 12.3.